The Morgan fingerprint density at radius 1 is 1.10 bits per heavy atom. The maximum absolute atomic E-state index is 12.9. The van der Waals surface area contributed by atoms with Gasteiger partial charge in [-0.3, -0.25) is 9.69 Å². The lowest BCUT2D eigenvalue weighted by Gasteiger charge is -2.41. The van der Waals surface area contributed by atoms with Crippen molar-refractivity contribution in [2.45, 2.75) is 11.6 Å². The van der Waals surface area contributed by atoms with Crippen LogP contribution in [0.3, 0.4) is 0 Å². The smallest absolute Gasteiger partial charge is 0.214 e. The summed E-state index contributed by atoms with van der Waals surface area (Å²) in [6.07, 6.45) is 0. The number of hydrogen-bond acceptors (Lipinski definition) is 3. The van der Waals surface area contributed by atoms with Crippen molar-refractivity contribution in [3.8, 4) is 0 Å². The molecule has 0 saturated carbocycles. The Morgan fingerprint density at radius 2 is 1.75 bits per heavy atom. The van der Waals surface area contributed by atoms with Gasteiger partial charge < -0.3 is 5.11 Å². The van der Waals surface area contributed by atoms with Gasteiger partial charge in [-0.1, -0.05) is 48.5 Å². The molecular formula is C17H15NO2. The molecule has 3 nitrogen and oxygen atoms in total. The van der Waals surface area contributed by atoms with Gasteiger partial charge in [0.05, 0.1) is 0 Å². The van der Waals surface area contributed by atoms with Gasteiger partial charge in [-0.25, -0.2) is 0 Å². The van der Waals surface area contributed by atoms with E-state index in [1.165, 1.54) is 0 Å². The van der Waals surface area contributed by atoms with Crippen LogP contribution in [-0.2, 0) is 5.72 Å². The minimum atomic E-state index is -1.54. The zero-order valence-electron chi connectivity index (χ0n) is 11.2. The summed E-state index contributed by atoms with van der Waals surface area (Å²) in [5, 5.41) is 11.1. The van der Waals surface area contributed by atoms with Gasteiger partial charge in [0.2, 0.25) is 11.5 Å². The predicted molar refractivity (Wildman–Crippen MR) is 75.6 cm³/mol. The number of likely N-dealkylation sites (N-methyl/N-ethyl adjacent to an activating group) is 1. The summed E-state index contributed by atoms with van der Waals surface area (Å²) in [4.78, 5) is 14.7. The van der Waals surface area contributed by atoms with Gasteiger partial charge in [0.15, 0.2) is 0 Å². The first-order valence-electron chi connectivity index (χ1n) is 6.81. The van der Waals surface area contributed by atoms with Crippen LogP contribution in [-0.4, -0.2) is 29.4 Å². The van der Waals surface area contributed by atoms with E-state index < -0.39 is 5.72 Å². The van der Waals surface area contributed by atoms with Crippen LogP contribution >= 0.6 is 0 Å². The fraction of sp³-hybridized carbons (Fsp3) is 0.235. The standard InChI is InChI=1S/C17H15NO2/c1-18-10-14-11-6-2-3-8-13(11)16(19)17(18,20)15-9-5-4-7-12(14)15/h2-9,14,20H,10H2,1H3. The van der Waals surface area contributed by atoms with Crippen molar-refractivity contribution in [1.82, 2.24) is 4.90 Å². The molecule has 0 aromatic heterocycles. The zero-order chi connectivity index (χ0) is 13.9. The lowest BCUT2D eigenvalue weighted by molar-refractivity contribution is -0.0754. The largest absolute Gasteiger partial charge is 0.365 e. The van der Waals surface area contributed by atoms with E-state index >= 15 is 0 Å². The molecule has 0 spiro atoms. The van der Waals surface area contributed by atoms with E-state index in [0.717, 1.165) is 16.7 Å². The average molecular weight is 265 g/mol. The van der Waals surface area contributed by atoms with Crippen LogP contribution in [0.1, 0.15) is 33.0 Å². The third-order valence-electron chi connectivity index (χ3n) is 4.62. The molecule has 1 N–H and O–H groups in total. The molecule has 0 saturated heterocycles. The molecule has 2 atom stereocenters. The number of carbonyl (C=O) groups is 1. The molecule has 2 aliphatic heterocycles. The molecule has 5 rings (SSSR count). The monoisotopic (exact) mass is 265 g/mol. The summed E-state index contributed by atoms with van der Waals surface area (Å²) in [5.41, 5.74) is 1.90. The highest BCUT2D eigenvalue weighted by Gasteiger charge is 2.52. The number of rotatable bonds is 0. The van der Waals surface area contributed by atoms with Crippen molar-refractivity contribution >= 4 is 5.78 Å². The summed E-state index contributed by atoms with van der Waals surface area (Å²) in [6, 6.07) is 15.4. The quantitative estimate of drug-likeness (QED) is 0.793. The molecule has 2 unspecified atom stereocenters. The van der Waals surface area contributed by atoms with E-state index in [-0.39, 0.29) is 11.7 Å². The molecule has 0 amide bonds. The van der Waals surface area contributed by atoms with Gasteiger partial charge in [-0.05, 0) is 18.2 Å². The summed E-state index contributed by atoms with van der Waals surface area (Å²) in [5.74, 6) is -0.0813. The molecule has 1 aliphatic carbocycles. The number of hydrogen-bond donors (Lipinski definition) is 1. The van der Waals surface area contributed by atoms with Crippen molar-refractivity contribution in [3.63, 3.8) is 0 Å². The van der Waals surface area contributed by atoms with Crippen LogP contribution in [0.2, 0.25) is 0 Å². The van der Waals surface area contributed by atoms with Gasteiger partial charge in [-0.15, -0.1) is 0 Å². The number of ketones is 1. The normalized spacial score (nSPS) is 27.9. The first-order chi connectivity index (χ1) is 9.64. The van der Waals surface area contributed by atoms with Gasteiger partial charge in [-0.2, -0.15) is 0 Å². The Kier molecular flexibility index (Phi) is 2.23. The maximum Gasteiger partial charge on any atom is 0.214 e. The lowest BCUT2D eigenvalue weighted by atomic mass is 9.83. The number of Topliss-reactive ketones (excluding diaryl/α,β-unsaturated/α-hetero) is 1. The third-order valence-corrected chi connectivity index (χ3v) is 4.62. The van der Waals surface area contributed by atoms with Gasteiger partial charge in [0, 0.05) is 23.6 Å². The summed E-state index contributed by atoms with van der Waals surface area (Å²) in [6.45, 7) is 0.649. The number of fused-ring (bicyclic) bond motifs is 1. The minimum absolute atomic E-state index is 0.138. The molecule has 2 bridgehead atoms. The maximum atomic E-state index is 12.9. The average Bonchev–Trinajstić information content (AvgIpc) is 2.62. The zero-order valence-corrected chi connectivity index (χ0v) is 11.2. The second-order valence-corrected chi connectivity index (χ2v) is 5.61. The first kappa shape index (κ1) is 11.8. The van der Waals surface area contributed by atoms with Crippen LogP contribution in [0.4, 0.5) is 0 Å². The molecule has 0 fully saturated rings. The highest BCUT2D eigenvalue weighted by atomic mass is 16.3. The van der Waals surface area contributed by atoms with Gasteiger partial charge in [0.25, 0.3) is 0 Å². The molecule has 2 aromatic rings. The summed E-state index contributed by atoms with van der Waals surface area (Å²) < 4.78 is 0. The summed E-state index contributed by atoms with van der Waals surface area (Å²) >= 11 is 0. The van der Waals surface area contributed by atoms with Crippen LogP contribution in [0.15, 0.2) is 48.5 Å². The molecule has 2 aromatic carbocycles. The Labute approximate surface area is 117 Å². The van der Waals surface area contributed by atoms with E-state index in [2.05, 4.69) is 0 Å². The highest BCUT2D eigenvalue weighted by Crippen LogP contribution is 2.47. The van der Waals surface area contributed by atoms with E-state index in [1.54, 1.807) is 4.90 Å². The molecular weight excluding hydrogens is 250 g/mol. The molecule has 100 valence electrons. The molecule has 2 heterocycles. The number of benzene rings is 2. The fourth-order valence-electron chi connectivity index (χ4n) is 3.59. The minimum Gasteiger partial charge on any atom is -0.365 e. The van der Waals surface area contributed by atoms with Gasteiger partial charge >= 0.3 is 0 Å². The highest BCUT2D eigenvalue weighted by molar-refractivity contribution is 6.05. The number of nitrogens with zero attached hydrogens (tertiary/aromatic N) is 1. The predicted octanol–water partition coefficient (Wildman–Crippen LogP) is 2.11. The van der Waals surface area contributed by atoms with Crippen molar-refractivity contribution in [2.24, 2.45) is 0 Å². The Hall–Kier alpha value is -1.97. The second-order valence-electron chi connectivity index (χ2n) is 5.61. The molecule has 20 heavy (non-hydrogen) atoms. The molecule has 3 heteroatoms. The van der Waals surface area contributed by atoms with E-state index in [4.69, 9.17) is 0 Å². The third kappa shape index (κ3) is 1.24. The first-order valence-corrected chi connectivity index (χ1v) is 6.81. The van der Waals surface area contributed by atoms with E-state index in [1.807, 2.05) is 55.6 Å². The topological polar surface area (TPSA) is 40.5 Å². The van der Waals surface area contributed by atoms with Crippen molar-refractivity contribution in [1.29, 1.82) is 0 Å². The van der Waals surface area contributed by atoms with Crippen molar-refractivity contribution in [2.75, 3.05) is 13.6 Å². The van der Waals surface area contributed by atoms with Crippen molar-refractivity contribution < 1.29 is 9.90 Å². The summed E-state index contributed by atoms with van der Waals surface area (Å²) in [7, 11) is 1.81. The lowest BCUT2D eigenvalue weighted by Crippen LogP contribution is -2.52. The fourth-order valence-corrected chi connectivity index (χ4v) is 3.59. The van der Waals surface area contributed by atoms with Crippen LogP contribution in [0.25, 0.3) is 0 Å². The molecule has 3 aliphatic rings. The van der Waals surface area contributed by atoms with Gasteiger partial charge in [0.1, 0.15) is 0 Å². The van der Waals surface area contributed by atoms with Crippen LogP contribution in [0.5, 0.6) is 0 Å². The SMILES string of the molecule is CN1CC2c3ccccc3C(=O)C1(O)c1ccccc12. The van der Waals surface area contributed by atoms with E-state index in [9.17, 15) is 9.90 Å². The number of aliphatic hydroxyl groups is 1. The molecule has 0 radical (unpaired) electrons. The Morgan fingerprint density at radius 3 is 2.55 bits per heavy atom. The number of carbonyl (C=O) groups excluding carboxylic acids is 1. The second kappa shape index (κ2) is 3.78. The van der Waals surface area contributed by atoms with Crippen molar-refractivity contribution in [3.05, 3.63) is 70.8 Å². The Balaban J connectivity index is 2.13. The van der Waals surface area contributed by atoms with Crippen LogP contribution < -0.4 is 0 Å². The van der Waals surface area contributed by atoms with Crippen LogP contribution in [0, 0.1) is 0 Å². The van der Waals surface area contributed by atoms with E-state index in [0.29, 0.717) is 12.1 Å². The Bertz CT molecular complexity index is 724.